The monoisotopic (exact) mass is 420 g/mol. The number of anilines is 2. The molecule has 2 amide bonds. The Morgan fingerprint density at radius 2 is 1.81 bits per heavy atom. The summed E-state index contributed by atoms with van der Waals surface area (Å²) in [6.07, 6.45) is 2.79. The van der Waals surface area contributed by atoms with E-state index in [1.54, 1.807) is 30.5 Å². The highest BCUT2D eigenvalue weighted by molar-refractivity contribution is 6.05. The first-order chi connectivity index (χ1) is 15.2. The summed E-state index contributed by atoms with van der Waals surface area (Å²) in [4.78, 5) is 24.9. The van der Waals surface area contributed by atoms with Crippen LogP contribution >= 0.6 is 0 Å². The van der Waals surface area contributed by atoms with Crippen LogP contribution in [0.2, 0.25) is 0 Å². The molecule has 0 radical (unpaired) electrons. The van der Waals surface area contributed by atoms with Crippen LogP contribution in [-0.4, -0.2) is 24.5 Å². The van der Waals surface area contributed by atoms with E-state index in [0.29, 0.717) is 43.2 Å². The van der Waals surface area contributed by atoms with Crippen LogP contribution in [-0.2, 0) is 27.5 Å². The van der Waals surface area contributed by atoms with Crippen LogP contribution in [0.3, 0.4) is 0 Å². The molecule has 0 spiro atoms. The Morgan fingerprint density at radius 1 is 0.968 bits per heavy atom. The van der Waals surface area contributed by atoms with E-state index in [1.807, 2.05) is 36.4 Å². The third kappa shape index (κ3) is 5.81. The minimum absolute atomic E-state index is 0.183. The van der Waals surface area contributed by atoms with Crippen molar-refractivity contribution in [3.05, 3.63) is 83.8 Å². The van der Waals surface area contributed by atoms with Gasteiger partial charge in [-0.15, -0.1) is 0 Å². The Morgan fingerprint density at radius 3 is 2.58 bits per heavy atom. The highest BCUT2D eigenvalue weighted by atomic mass is 16.5. The van der Waals surface area contributed by atoms with Crippen molar-refractivity contribution >= 4 is 23.2 Å². The van der Waals surface area contributed by atoms with Gasteiger partial charge in [-0.25, -0.2) is 0 Å². The largest absolute Gasteiger partial charge is 0.467 e. The van der Waals surface area contributed by atoms with Crippen molar-refractivity contribution in [2.24, 2.45) is 0 Å². The quantitative estimate of drug-likeness (QED) is 0.565. The second-order valence-corrected chi connectivity index (χ2v) is 7.30. The number of benzene rings is 2. The SMILES string of the molecule is O=C(Nc1cccc(COCc2ccco2)c1)c1cccc(NC(=O)C2CCCO2)c1. The third-order valence-corrected chi connectivity index (χ3v) is 4.89. The predicted molar refractivity (Wildman–Crippen MR) is 116 cm³/mol. The van der Waals surface area contributed by atoms with Crippen molar-refractivity contribution in [1.29, 1.82) is 0 Å². The first-order valence-electron chi connectivity index (χ1n) is 10.2. The zero-order valence-corrected chi connectivity index (χ0v) is 17.0. The van der Waals surface area contributed by atoms with E-state index in [9.17, 15) is 9.59 Å². The number of nitrogens with one attached hydrogen (secondary N) is 2. The average Bonchev–Trinajstić information content (AvgIpc) is 3.49. The van der Waals surface area contributed by atoms with Crippen molar-refractivity contribution in [2.45, 2.75) is 32.2 Å². The molecule has 2 aromatic carbocycles. The minimum Gasteiger partial charge on any atom is -0.467 e. The molecule has 1 atom stereocenters. The van der Waals surface area contributed by atoms with Crippen molar-refractivity contribution in [3.63, 3.8) is 0 Å². The number of hydrogen-bond donors (Lipinski definition) is 2. The highest BCUT2D eigenvalue weighted by Crippen LogP contribution is 2.18. The molecule has 2 heterocycles. The predicted octanol–water partition coefficient (Wildman–Crippen LogP) is 4.37. The lowest BCUT2D eigenvalue weighted by Gasteiger charge is -2.12. The van der Waals surface area contributed by atoms with Crippen molar-refractivity contribution in [3.8, 4) is 0 Å². The van der Waals surface area contributed by atoms with Gasteiger partial charge in [0.15, 0.2) is 0 Å². The van der Waals surface area contributed by atoms with Gasteiger partial charge in [-0.3, -0.25) is 9.59 Å². The molecule has 7 heteroatoms. The maximum atomic E-state index is 12.7. The first kappa shape index (κ1) is 20.8. The molecule has 0 bridgehead atoms. The Kier molecular flexibility index (Phi) is 6.76. The molecular weight excluding hydrogens is 396 g/mol. The fraction of sp³-hybridized carbons (Fsp3) is 0.250. The normalized spacial score (nSPS) is 15.5. The molecule has 160 valence electrons. The summed E-state index contributed by atoms with van der Waals surface area (Å²) in [5.41, 5.74) is 2.61. The summed E-state index contributed by atoms with van der Waals surface area (Å²) >= 11 is 0. The van der Waals surface area contributed by atoms with Crippen LogP contribution in [0.4, 0.5) is 11.4 Å². The third-order valence-electron chi connectivity index (χ3n) is 4.89. The summed E-state index contributed by atoms with van der Waals surface area (Å²) in [5.74, 6) is 0.315. The summed E-state index contributed by atoms with van der Waals surface area (Å²) in [6.45, 7) is 1.39. The van der Waals surface area contributed by atoms with Gasteiger partial charge >= 0.3 is 0 Å². The number of furan rings is 1. The molecule has 2 N–H and O–H groups in total. The van der Waals surface area contributed by atoms with E-state index in [2.05, 4.69) is 10.6 Å². The maximum absolute atomic E-state index is 12.7. The van der Waals surface area contributed by atoms with Crippen LogP contribution in [0.5, 0.6) is 0 Å². The number of rotatable bonds is 8. The molecule has 7 nitrogen and oxygen atoms in total. The fourth-order valence-corrected chi connectivity index (χ4v) is 3.35. The lowest BCUT2D eigenvalue weighted by Crippen LogP contribution is -2.27. The maximum Gasteiger partial charge on any atom is 0.255 e. The molecular formula is C24H24N2O5. The van der Waals surface area contributed by atoms with Gasteiger partial charge in [-0.05, 0) is 60.9 Å². The molecule has 1 saturated heterocycles. The van der Waals surface area contributed by atoms with E-state index in [1.165, 1.54) is 0 Å². The van der Waals surface area contributed by atoms with Crippen molar-refractivity contribution in [2.75, 3.05) is 17.2 Å². The Hall–Kier alpha value is -3.42. The number of carbonyl (C=O) groups excluding carboxylic acids is 2. The van der Waals surface area contributed by atoms with E-state index in [0.717, 1.165) is 17.7 Å². The summed E-state index contributed by atoms with van der Waals surface area (Å²) in [7, 11) is 0. The molecule has 0 saturated carbocycles. The van der Waals surface area contributed by atoms with Gasteiger partial charge in [0.25, 0.3) is 11.8 Å². The minimum atomic E-state index is -0.421. The van der Waals surface area contributed by atoms with Crippen molar-refractivity contribution < 1.29 is 23.5 Å². The second-order valence-electron chi connectivity index (χ2n) is 7.30. The molecule has 1 aliphatic rings. The smallest absolute Gasteiger partial charge is 0.255 e. The van der Waals surface area contributed by atoms with Gasteiger partial charge in [0.05, 0.1) is 12.9 Å². The van der Waals surface area contributed by atoms with E-state index < -0.39 is 6.10 Å². The van der Waals surface area contributed by atoms with Crippen LogP contribution in [0.25, 0.3) is 0 Å². The topological polar surface area (TPSA) is 89.8 Å². The van der Waals surface area contributed by atoms with Gasteiger partial charge < -0.3 is 24.5 Å². The molecule has 4 rings (SSSR count). The molecule has 1 fully saturated rings. The molecule has 1 unspecified atom stereocenters. The Bertz CT molecular complexity index is 1030. The van der Waals surface area contributed by atoms with Crippen LogP contribution in [0.15, 0.2) is 71.3 Å². The van der Waals surface area contributed by atoms with Gasteiger partial charge in [-0.1, -0.05) is 18.2 Å². The van der Waals surface area contributed by atoms with Gasteiger partial charge in [0.1, 0.15) is 18.5 Å². The molecule has 31 heavy (non-hydrogen) atoms. The summed E-state index contributed by atoms with van der Waals surface area (Å²) in [6, 6.07) is 18.0. The highest BCUT2D eigenvalue weighted by Gasteiger charge is 2.23. The second kappa shape index (κ2) is 10.1. The van der Waals surface area contributed by atoms with Crippen LogP contribution < -0.4 is 10.6 Å². The van der Waals surface area contributed by atoms with Gasteiger partial charge in [0.2, 0.25) is 0 Å². The van der Waals surface area contributed by atoms with Crippen LogP contribution in [0.1, 0.15) is 34.5 Å². The van der Waals surface area contributed by atoms with Gasteiger partial charge in [-0.2, -0.15) is 0 Å². The molecule has 1 aromatic heterocycles. The zero-order chi connectivity index (χ0) is 21.5. The Labute approximate surface area is 180 Å². The zero-order valence-electron chi connectivity index (χ0n) is 17.0. The van der Waals surface area contributed by atoms with Crippen molar-refractivity contribution in [1.82, 2.24) is 0 Å². The lowest BCUT2D eigenvalue weighted by atomic mass is 10.1. The number of amides is 2. The molecule has 1 aliphatic heterocycles. The van der Waals surface area contributed by atoms with Crippen LogP contribution in [0, 0.1) is 0 Å². The average molecular weight is 420 g/mol. The van der Waals surface area contributed by atoms with E-state index >= 15 is 0 Å². The van der Waals surface area contributed by atoms with Gasteiger partial charge in [0, 0.05) is 23.5 Å². The lowest BCUT2D eigenvalue weighted by molar-refractivity contribution is -0.124. The fourth-order valence-electron chi connectivity index (χ4n) is 3.35. The van der Waals surface area contributed by atoms with E-state index in [-0.39, 0.29) is 11.8 Å². The summed E-state index contributed by atoms with van der Waals surface area (Å²) in [5, 5.41) is 5.71. The number of carbonyl (C=O) groups is 2. The number of hydrogen-bond acceptors (Lipinski definition) is 5. The standard InChI is InChI=1S/C24H24N2O5/c27-23(18-6-2-8-20(14-18)26-24(28)22-10-4-12-31-22)25-19-7-1-5-17(13-19)15-29-16-21-9-3-11-30-21/h1-3,5-9,11,13-14,22H,4,10,12,15-16H2,(H,25,27)(H,26,28). The first-order valence-corrected chi connectivity index (χ1v) is 10.2. The summed E-state index contributed by atoms with van der Waals surface area (Å²) < 4.78 is 16.3. The molecule has 3 aromatic rings. The Balaban J connectivity index is 1.34. The van der Waals surface area contributed by atoms with E-state index in [4.69, 9.17) is 13.9 Å². The number of ether oxygens (including phenoxy) is 2. The molecule has 0 aliphatic carbocycles.